The van der Waals surface area contributed by atoms with Gasteiger partial charge in [0.05, 0.1) is 6.10 Å². The van der Waals surface area contributed by atoms with Crippen molar-refractivity contribution in [2.24, 2.45) is 34.5 Å². The molecule has 4 aliphatic rings. The average Bonchev–Trinajstić information content (AvgIpc) is 2.94. The minimum absolute atomic E-state index is 0.0350. The van der Waals surface area contributed by atoms with Gasteiger partial charge in [-0.1, -0.05) is 59.5 Å². The van der Waals surface area contributed by atoms with E-state index in [1.807, 2.05) is 0 Å². The van der Waals surface area contributed by atoms with Crippen molar-refractivity contribution in [2.75, 3.05) is 0 Å². The van der Waals surface area contributed by atoms with Gasteiger partial charge < -0.3 is 14.9 Å². The monoisotopic (exact) mass is 460 g/mol. The molecule has 2 saturated carbocycles. The van der Waals surface area contributed by atoms with E-state index in [0.29, 0.717) is 17.8 Å². The first-order chi connectivity index (χ1) is 15.4. The van der Waals surface area contributed by atoms with Gasteiger partial charge >= 0.3 is 5.97 Å². The van der Waals surface area contributed by atoms with E-state index < -0.39 is 11.7 Å². The molecule has 0 amide bonds. The third kappa shape index (κ3) is 4.01. The van der Waals surface area contributed by atoms with Crippen LogP contribution in [0.5, 0.6) is 0 Å². The van der Waals surface area contributed by atoms with Crippen molar-refractivity contribution in [1.29, 1.82) is 0 Å². The first-order valence-corrected chi connectivity index (χ1v) is 13.7. The molecule has 0 aromatic carbocycles. The van der Waals surface area contributed by atoms with Crippen molar-refractivity contribution >= 4 is 5.97 Å². The van der Waals surface area contributed by atoms with Gasteiger partial charge in [-0.3, -0.25) is 4.79 Å². The fourth-order valence-corrected chi connectivity index (χ4v) is 8.76. The molecule has 33 heavy (non-hydrogen) atoms. The molecule has 0 bridgehead atoms. The average molecular weight is 461 g/mol. The van der Waals surface area contributed by atoms with Crippen molar-refractivity contribution in [1.82, 2.24) is 0 Å². The summed E-state index contributed by atoms with van der Waals surface area (Å²) >= 11 is 0. The number of allylic oxidation sites excluding steroid dienone is 1. The molecule has 2 fully saturated rings. The molecule has 4 heteroatoms. The first-order valence-electron chi connectivity index (χ1n) is 13.7. The number of aliphatic hydroxyl groups is 2. The number of rotatable bonds is 6. The Hall–Kier alpha value is -0.870. The van der Waals surface area contributed by atoms with Crippen LogP contribution in [-0.4, -0.2) is 34.0 Å². The second kappa shape index (κ2) is 8.97. The van der Waals surface area contributed by atoms with Crippen molar-refractivity contribution < 1.29 is 19.7 Å². The summed E-state index contributed by atoms with van der Waals surface area (Å²) in [5.74, 6) is 1.93. The summed E-state index contributed by atoms with van der Waals surface area (Å²) < 4.78 is 5.59. The molecule has 4 rings (SSSR count). The topological polar surface area (TPSA) is 66.8 Å². The zero-order valence-electron chi connectivity index (χ0n) is 22.0. The van der Waals surface area contributed by atoms with Gasteiger partial charge in [-0.15, -0.1) is 0 Å². The number of aliphatic hydroxyl groups excluding tert-OH is 1. The van der Waals surface area contributed by atoms with Crippen LogP contribution < -0.4 is 0 Å². The van der Waals surface area contributed by atoms with Crippen molar-refractivity contribution in [2.45, 2.75) is 130 Å². The Morgan fingerprint density at radius 2 is 1.79 bits per heavy atom. The predicted molar refractivity (Wildman–Crippen MR) is 132 cm³/mol. The Bertz CT molecular complexity index is 786. The minimum Gasteiger partial charge on any atom is -0.463 e. The van der Waals surface area contributed by atoms with E-state index in [2.05, 4.69) is 34.6 Å². The minimum atomic E-state index is -1.09. The van der Waals surface area contributed by atoms with Gasteiger partial charge in [-0.25, -0.2) is 0 Å². The molecule has 188 valence electrons. The SMILES string of the molecule is CC(=O)O[C@H]1CC[C@]2(C)C3=C(CCC2C1)[C@]1(O)[C@@H](O)C[C@H]([C@H](C)CCCC(C)C)[C@@]1(C)CC3. The lowest BCUT2D eigenvalue weighted by Gasteiger charge is -2.58. The summed E-state index contributed by atoms with van der Waals surface area (Å²) in [5, 5.41) is 23.8. The molecular weight excluding hydrogens is 412 g/mol. The Morgan fingerprint density at radius 1 is 1.06 bits per heavy atom. The summed E-state index contributed by atoms with van der Waals surface area (Å²) in [6.45, 7) is 13.1. The molecule has 1 unspecified atom stereocenters. The number of carbonyl (C=O) groups excluding carboxylic acids is 1. The van der Waals surface area contributed by atoms with Crippen LogP contribution in [0.1, 0.15) is 112 Å². The van der Waals surface area contributed by atoms with Crippen LogP contribution in [0.4, 0.5) is 0 Å². The van der Waals surface area contributed by atoms with Gasteiger partial charge in [0, 0.05) is 12.3 Å². The Labute approximate surface area is 201 Å². The number of hydrogen-bond donors (Lipinski definition) is 2. The van der Waals surface area contributed by atoms with E-state index in [1.54, 1.807) is 0 Å². The molecule has 0 heterocycles. The highest BCUT2D eigenvalue weighted by atomic mass is 16.5. The summed E-state index contributed by atoms with van der Waals surface area (Å²) in [6.07, 6.45) is 10.5. The van der Waals surface area contributed by atoms with Gasteiger partial charge in [0.25, 0.3) is 0 Å². The normalized spacial score (nSPS) is 43.7. The fraction of sp³-hybridized carbons (Fsp3) is 0.897. The molecule has 4 aliphatic carbocycles. The Morgan fingerprint density at radius 3 is 2.45 bits per heavy atom. The molecule has 2 N–H and O–H groups in total. The number of ether oxygens (including phenoxy) is 1. The second-order valence-corrected chi connectivity index (χ2v) is 13.0. The lowest BCUT2D eigenvalue weighted by atomic mass is 9.49. The van der Waals surface area contributed by atoms with E-state index in [4.69, 9.17) is 4.74 Å². The highest BCUT2D eigenvalue weighted by Crippen LogP contribution is 2.67. The van der Waals surface area contributed by atoms with E-state index >= 15 is 0 Å². The van der Waals surface area contributed by atoms with Crippen molar-refractivity contribution in [3.8, 4) is 0 Å². The lowest BCUT2D eigenvalue weighted by molar-refractivity contribution is -0.151. The first kappa shape index (κ1) is 25.2. The largest absolute Gasteiger partial charge is 0.463 e. The Balaban J connectivity index is 1.59. The third-order valence-corrected chi connectivity index (χ3v) is 10.7. The summed E-state index contributed by atoms with van der Waals surface area (Å²) in [4.78, 5) is 11.5. The molecule has 0 radical (unpaired) electrons. The number of fused-ring (bicyclic) bond motifs is 4. The van der Waals surface area contributed by atoms with E-state index in [9.17, 15) is 15.0 Å². The second-order valence-electron chi connectivity index (χ2n) is 13.0. The molecule has 0 spiro atoms. The Kier molecular flexibility index (Phi) is 6.86. The van der Waals surface area contributed by atoms with Crippen LogP contribution in [0, 0.1) is 34.5 Å². The molecule has 0 aromatic rings. The number of hydrogen-bond acceptors (Lipinski definition) is 4. The summed E-state index contributed by atoms with van der Waals surface area (Å²) in [7, 11) is 0. The van der Waals surface area contributed by atoms with Crippen LogP contribution in [0.2, 0.25) is 0 Å². The zero-order chi connectivity index (χ0) is 24.2. The highest BCUT2D eigenvalue weighted by Gasteiger charge is 2.67. The highest BCUT2D eigenvalue weighted by molar-refractivity contribution is 5.66. The van der Waals surface area contributed by atoms with Crippen LogP contribution in [-0.2, 0) is 9.53 Å². The lowest BCUT2D eigenvalue weighted by Crippen LogP contribution is -2.58. The van der Waals surface area contributed by atoms with Crippen LogP contribution in [0.3, 0.4) is 0 Å². The molecule has 0 saturated heterocycles. The number of esters is 1. The smallest absolute Gasteiger partial charge is 0.302 e. The quantitative estimate of drug-likeness (QED) is 0.366. The van der Waals surface area contributed by atoms with Crippen LogP contribution in [0.25, 0.3) is 0 Å². The maximum Gasteiger partial charge on any atom is 0.302 e. The van der Waals surface area contributed by atoms with Gasteiger partial charge in [-0.05, 0) is 86.0 Å². The maximum absolute atomic E-state index is 12.4. The fourth-order valence-electron chi connectivity index (χ4n) is 8.76. The molecule has 0 aromatic heterocycles. The molecule has 8 atom stereocenters. The molecule has 0 aliphatic heterocycles. The van der Waals surface area contributed by atoms with Gasteiger partial charge in [0.2, 0.25) is 0 Å². The van der Waals surface area contributed by atoms with Gasteiger partial charge in [-0.2, -0.15) is 0 Å². The van der Waals surface area contributed by atoms with Gasteiger partial charge in [0.1, 0.15) is 11.7 Å². The van der Waals surface area contributed by atoms with Crippen molar-refractivity contribution in [3.63, 3.8) is 0 Å². The molecule has 4 nitrogen and oxygen atoms in total. The third-order valence-electron chi connectivity index (χ3n) is 10.7. The number of carbonyl (C=O) groups is 1. The van der Waals surface area contributed by atoms with Gasteiger partial charge in [0.15, 0.2) is 0 Å². The zero-order valence-corrected chi connectivity index (χ0v) is 22.0. The molecular formula is C29H48O4. The summed E-state index contributed by atoms with van der Waals surface area (Å²) in [5.41, 5.74) is 1.35. The van der Waals surface area contributed by atoms with E-state index in [1.165, 1.54) is 37.3 Å². The van der Waals surface area contributed by atoms with Crippen molar-refractivity contribution in [3.05, 3.63) is 11.1 Å². The maximum atomic E-state index is 12.4. The summed E-state index contributed by atoms with van der Waals surface area (Å²) in [6, 6.07) is 0. The standard InChI is InChI=1S/C29H48O4/c1-18(2)8-7-9-19(3)25-17-26(31)29(32)24-11-10-21-16-22(33-20(4)30)12-14-27(21,5)23(24)13-15-28(25,29)6/h18-19,21-22,25-26,31-32H,7-17H2,1-6H3/t19-,21?,22+,25-,26+,27+,28-,29+/m1/s1. The van der Waals surface area contributed by atoms with Crippen LogP contribution >= 0.6 is 0 Å². The van der Waals surface area contributed by atoms with Crippen LogP contribution in [0.15, 0.2) is 11.1 Å². The predicted octanol–water partition coefficient (Wildman–Crippen LogP) is 6.19. The van der Waals surface area contributed by atoms with E-state index in [-0.39, 0.29) is 22.9 Å². The van der Waals surface area contributed by atoms with E-state index in [0.717, 1.165) is 57.3 Å².